The SMILES string of the molecule is CN(CCO)C(=O)c1cc([NH2+]C(=O)c2ccccc2)cc(-c2ccc(C(=O)NO)cc2)c1.[Cl-].[Cl-]. The minimum atomic E-state index is -0.631. The van der Waals surface area contributed by atoms with Gasteiger partial charge in [-0.05, 0) is 41.5 Å². The van der Waals surface area contributed by atoms with Crippen molar-refractivity contribution in [2.45, 2.75) is 0 Å². The summed E-state index contributed by atoms with van der Waals surface area (Å²) in [5, 5.41) is 19.4. The standard InChI is InChI=1S/C24H23N3O5.2ClH/c1-27(11-12-28)24(31)20-13-19(16-7-9-18(10-8-16)23(30)26-32)14-21(15-20)25-22(29)17-5-3-2-4-6-17;;/h2-10,13-15,28,32H,11-12H2,1H3,(H,25,29)(H,26,30);2*1H/p-1. The topological polar surface area (TPSA) is 124 Å². The average molecular weight is 505 g/mol. The van der Waals surface area contributed by atoms with E-state index in [1.807, 2.05) is 6.07 Å². The molecule has 3 amide bonds. The largest absolute Gasteiger partial charge is 1.00 e. The normalized spacial score (nSPS) is 9.85. The third-order valence-corrected chi connectivity index (χ3v) is 4.92. The zero-order chi connectivity index (χ0) is 23.1. The molecule has 0 saturated carbocycles. The van der Waals surface area contributed by atoms with Crippen molar-refractivity contribution in [1.82, 2.24) is 10.4 Å². The van der Waals surface area contributed by atoms with E-state index in [2.05, 4.69) is 0 Å². The van der Waals surface area contributed by atoms with E-state index in [1.165, 1.54) is 10.2 Å². The van der Waals surface area contributed by atoms with Crippen LogP contribution >= 0.6 is 0 Å². The van der Waals surface area contributed by atoms with Gasteiger partial charge in [-0.25, -0.2) is 15.6 Å². The number of aliphatic hydroxyl groups is 1. The minimum Gasteiger partial charge on any atom is -1.00 e. The van der Waals surface area contributed by atoms with Crippen molar-refractivity contribution in [3.05, 3.63) is 89.5 Å². The Morgan fingerprint density at radius 1 is 0.853 bits per heavy atom. The molecule has 0 aliphatic heterocycles. The van der Waals surface area contributed by atoms with Crippen molar-refractivity contribution < 1.29 is 54.8 Å². The van der Waals surface area contributed by atoms with E-state index in [0.717, 1.165) is 5.56 Å². The summed E-state index contributed by atoms with van der Waals surface area (Å²) in [6.45, 7) is 0.0117. The molecule has 0 aliphatic rings. The maximum Gasteiger partial charge on any atom is 0.347 e. The van der Waals surface area contributed by atoms with Crippen molar-refractivity contribution in [3.8, 4) is 11.1 Å². The van der Waals surface area contributed by atoms with Crippen LogP contribution in [0.15, 0.2) is 72.8 Å². The number of rotatable bonds is 7. The van der Waals surface area contributed by atoms with E-state index >= 15 is 0 Å². The van der Waals surface area contributed by atoms with Crippen LogP contribution in [0.4, 0.5) is 5.69 Å². The Bertz CT molecular complexity index is 1130. The van der Waals surface area contributed by atoms with Gasteiger partial charge in [0.1, 0.15) is 5.69 Å². The van der Waals surface area contributed by atoms with Gasteiger partial charge in [0.15, 0.2) is 0 Å². The summed E-state index contributed by atoms with van der Waals surface area (Å²) in [5.41, 5.74) is 4.70. The van der Waals surface area contributed by atoms with Gasteiger partial charge in [0, 0.05) is 36.9 Å². The summed E-state index contributed by atoms with van der Waals surface area (Å²) in [6, 6.07) is 20.4. The minimum absolute atomic E-state index is 0. The summed E-state index contributed by atoms with van der Waals surface area (Å²) in [4.78, 5) is 38.5. The second-order valence-electron chi connectivity index (χ2n) is 7.19. The molecule has 3 aromatic rings. The van der Waals surface area contributed by atoms with Crippen molar-refractivity contribution in [3.63, 3.8) is 0 Å². The van der Waals surface area contributed by atoms with Gasteiger partial charge in [-0.2, -0.15) is 0 Å². The van der Waals surface area contributed by atoms with E-state index in [1.54, 1.807) is 79.3 Å². The number of hydrogen-bond donors (Lipinski definition) is 4. The fraction of sp³-hybridized carbons (Fsp3) is 0.125. The lowest BCUT2D eigenvalue weighted by Gasteiger charge is -2.16. The van der Waals surface area contributed by atoms with E-state index in [4.69, 9.17) is 10.3 Å². The molecule has 0 fully saturated rings. The number of likely N-dealkylation sites (N-methyl/N-ethyl adjacent to an activating group) is 1. The first-order chi connectivity index (χ1) is 15.4. The van der Waals surface area contributed by atoms with Crippen molar-refractivity contribution in [2.24, 2.45) is 0 Å². The molecule has 5 N–H and O–H groups in total. The second kappa shape index (κ2) is 13.4. The van der Waals surface area contributed by atoms with Crippen LogP contribution in [0, 0.1) is 0 Å². The second-order valence-corrected chi connectivity index (χ2v) is 7.19. The first kappa shape index (κ1) is 28.8. The number of carbonyl (C=O) groups is 3. The van der Waals surface area contributed by atoms with Crippen LogP contribution < -0.4 is 35.6 Å². The maximum absolute atomic E-state index is 12.8. The molecule has 3 rings (SSSR count). The Labute approximate surface area is 209 Å². The fourth-order valence-corrected chi connectivity index (χ4v) is 3.21. The quantitative estimate of drug-likeness (QED) is 0.147. The zero-order valence-electron chi connectivity index (χ0n) is 18.2. The molecular formula is C24H24Cl2N3O5-. The Morgan fingerprint density at radius 3 is 2.09 bits per heavy atom. The third kappa shape index (κ3) is 7.11. The summed E-state index contributed by atoms with van der Waals surface area (Å²) in [6.07, 6.45) is 0. The lowest BCUT2D eigenvalue weighted by atomic mass is 10.00. The highest BCUT2D eigenvalue weighted by Crippen LogP contribution is 2.24. The number of nitrogens with zero attached hydrogens (tertiary/aromatic N) is 1. The van der Waals surface area contributed by atoms with Crippen LogP contribution in [0.5, 0.6) is 0 Å². The molecule has 0 radical (unpaired) electrons. The van der Waals surface area contributed by atoms with Crippen molar-refractivity contribution in [1.29, 1.82) is 0 Å². The monoisotopic (exact) mass is 504 g/mol. The molecule has 34 heavy (non-hydrogen) atoms. The maximum atomic E-state index is 12.8. The number of amides is 3. The predicted molar refractivity (Wildman–Crippen MR) is 118 cm³/mol. The molecule has 3 aromatic carbocycles. The number of carbonyl (C=O) groups excluding carboxylic acids is 3. The predicted octanol–water partition coefficient (Wildman–Crippen LogP) is -4.42. The number of nitrogens with one attached hydrogen (secondary N) is 1. The lowest BCUT2D eigenvalue weighted by molar-refractivity contribution is -0.464. The molecule has 0 atom stereocenters. The van der Waals surface area contributed by atoms with Crippen LogP contribution in [0.2, 0.25) is 0 Å². The van der Waals surface area contributed by atoms with E-state index in [0.29, 0.717) is 22.4 Å². The summed E-state index contributed by atoms with van der Waals surface area (Å²) >= 11 is 0. The van der Waals surface area contributed by atoms with Gasteiger partial charge in [0.2, 0.25) is 0 Å². The van der Waals surface area contributed by atoms with Crippen molar-refractivity contribution >= 4 is 23.4 Å². The number of hydroxylamine groups is 1. The lowest BCUT2D eigenvalue weighted by Crippen LogP contribution is -3.00. The van der Waals surface area contributed by atoms with Gasteiger partial charge in [0.25, 0.3) is 11.8 Å². The molecule has 8 nitrogen and oxygen atoms in total. The van der Waals surface area contributed by atoms with E-state index in [9.17, 15) is 14.4 Å². The highest BCUT2D eigenvalue weighted by Gasteiger charge is 2.18. The number of quaternary nitrogens is 1. The molecule has 0 unspecified atom stereocenters. The molecule has 0 aromatic heterocycles. The van der Waals surface area contributed by atoms with Crippen LogP contribution in [0.3, 0.4) is 0 Å². The summed E-state index contributed by atoms with van der Waals surface area (Å²) in [5.74, 6) is -1.12. The fourth-order valence-electron chi connectivity index (χ4n) is 3.21. The van der Waals surface area contributed by atoms with E-state index in [-0.39, 0.29) is 55.3 Å². The van der Waals surface area contributed by atoms with Crippen molar-refractivity contribution in [2.75, 3.05) is 20.2 Å². The molecule has 0 aliphatic carbocycles. The smallest absolute Gasteiger partial charge is 0.347 e. The van der Waals surface area contributed by atoms with Crippen LogP contribution in [-0.2, 0) is 0 Å². The van der Waals surface area contributed by atoms with Gasteiger partial charge in [-0.15, -0.1) is 0 Å². The molecule has 0 saturated heterocycles. The Hall–Kier alpha value is -3.27. The van der Waals surface area contributed by atoms with Gasteiger partial charge >= 0.3 is 5.91 Å². The first-order valence-electron chi connectivity index (χ1n) is 9.93. The van der Waals surface area contributed by atoms with Gasteiger partial charge < -0.3 is 34.8 Å². The molecule has 10 heteroatoms. The van der Waals surface area contributed by atoms with Crippen LogP contribution in [0.1, 0.15) is 31.1 Å². The highest BCUT2D eigenvalue weighted by molar-refractivity contribution is 5.97. The Morgan fingerprint density at radius 2 is 1.50 bits per heavy atom. The molecular weight excluding hydrogens is 481 g/mol. The van der Waals surface area contributed by atoms with E-state index < -0.39 is 5.91 Å². The number of primary amides is 1. The van der Waals surface area contributed by atoms with Gasteiger partial charge in [-0.3, -0.25) is 14.8 Å². The molecule has 0 spiro atoms. The highest BCUT2D eigenvalue weighted by atomic mass is 35.5. The third-order valence-electron chi connectivity index (χ3n) is 4.92. The number of nitrogens with two attached hydrogens (primary N) is 1. The number of halogens is 2. The van der Waals surface area contributed by atoms with Gasteiger partial charge in [-0.1, -0.05) is 30.3 Å². The summed E-state index contributed by atoms with van der Waals surface area (Å²) in [7, 11) is 1.59. The summed E-state index contributed by atoms with van der Waals surface area (Å²) < 4.78 is 0. The zero-order valence-corrected chi connectivity index (χ0v) is 19.8. The number of hydrogen-bond acceptors (Lipinski definition) is 5. The number of aliphatic hydroxyl groups excluding tert-OH is 1. The molecule has 180 valence electrons. The molecule has 0 heterocycles. The van der Waals surface area contributed by atoms with Crippen LogP contribution in [0.25, 0.3) is 11.1 Å². The Balaban J connectivity index is 0.00000289. The van der Waals surface area contributed by atoms with Gasteiger partial charge in [0.05, 0.1) is 12.2 Å². The molecule has 0 bridgehead atoms. The average Bonchev–Trinajstić information content (AvgIpc) is 2.83. The van der Waals surface area contributed by atoms with Crippen LogP contribution in [-0.4, -0.2) is 53.1 Å². The Kier molecular flexibility index (Phi) is 11.4. The first-order valence-corrected chi connectivity index (χ1v) is 9.93. The number of benzene rings is 3.